The maximum atomic E-state index is 14.6. The molecule has 1 aromatic carbocycles. The number of pyridine rings is 1. The Morgan fingerprint density at radius 3 is 2.47 bits per heavy atom. The minimum Gasteiger partial charge on any atom is -0.470 e. The van der Waals surface area contributed by atoms with Crippen LogP contribution in [0, 0.1) is 12.7 Å². The fraction of sp³-hybridized carbons (Fsp3) is 0.240. The van der Waals surface area contributed by atoms with Gasteiger partial charge in [0.15, 0.2) is 16.7 Å². The highest BCUT2D eigenvalue weighted by Gasteiger charge is 2.32. The lowest BCUT2D eigenvalue weighted by molar-refractivity contribution is -0.141. The average molecular weight is 550 g/mol. The topological polar surface area (TPSA) is 103 Å². The van der Waals surface area contributed by atoms with Crippen molar-refractivity contribution in [1.82, 2.24) is 24.5 Å². The number of ether oxygens (including phenoxy) is 1. The van der Waals surface area contributed by atoms with Gasteiger partial charge < -0.3 is 9.84 Å². The van der Waals surface area contributed by atoms with Crippen LogP contribution in [0.2, 0.25) is 5.02 Å². The summed E-state index contributed by atoms with van der Waals surface area (Å²) >= 11 is 6.21. The van der Waals surface area contributed by atoms with E-state index in [4.69, 9.17) is 16.3 Å². The molecular weight excluding hydrogens is 530 g/mol. The molecule has 8 nitrogen and oxygen atoms in total. The van der Waals surface area contributed by atoms with Gasteiger partial charge in [0, 0.05) is 5.56 Å². The second kappa shape index (κ2) is 10.1. The lowest BCUT2D eigenvalue weighted by atomic mass is 10.1. The van der Waals surface area contributed by atoms with Gasteiger partial charge in [0.2, 0.25) is 5.88 Å². The number of aryl methyl sites for hydroxylation is 1. The molecule has 0 aliphatic carbocycles. The third-order valence-electron chi connectivity index (χ3n) is 5.29. The number of hydrogen-bond donors (Lipinski definition) is 1. The van der Waals surface area contributed by atoms with Crippen LogP contribution >= 0.6 is 11.6 Å². The van der Waals surface area contributed by atoms with E-state index in [1.54, 1.807) is 18.2 Å². The Kier molecular flexibility index (Phi) is 7.22. The number of aliphatic hydroxyl groups is 1. The molecule has 13 heteroatoms. The van der Waals surface area contributed by atoms with Crippen molar-refractivity contribution in [3.05, 3.63) is 92.9 Å². The monoisotopic (exact) mass is 549 g/mol. The van der Waals surface area contributed by atoms with Gasteiger partial charge >= 0.3 is 6.18 Å². The maximum Gasteiger partial charge on any atom is 0.433 e. The fourth-order valence-corrected chi connectivity index (χ4v) is 3.68. The summed E-state index contributed by atoms with van der Waals surface area (Å²) in [4.78, 5) is 28.8. The highest BCUT2D eigenvalue weighted by Crippen LogP contribution is 2.29. The first-order valence-corrected chi connectivity index (χ1v) is 11.4. The highest BCUT2D eigenvalue weighted by atomic mass is 35.5. The van der Waals surface area contributed by atoms with Crippen molar-refractivity contribution in [2.45, 2.75) is 39.2 Å². The van der Waals surface area contributed by atoms with E-state index in [-0.39, 0.29) is 34.6 Å². The Morgan fingerprint density at radius 1 is 1.08 bits per heavy atom. The summed E-state index contributed by atoms with van der Waals surface area (Å²) in [6, 6.07) is 9.53. The molecule has 38 heavy (non-hydrogen) atoms. The summed E-state index contributed by atoms with van der Waals surface area (Å²) in [7, 11) is 0. The van der Waals surface area contributed by atoms with Gasteiger partial charge in [-0.05, 0) is 45.0 Å². The summed E-state index contributed by atoms with van der Waals surface area (Å²) in [6.07, 6.45) is -3.67. The normalized spacial score (nSPS) is 12.0. The Balaban J connectivity index is 1.67. The van der Waals surface area contributed by atoms with Crippen molar-refractivity contribution >= 4 is 11.6 Å². The van der Waals surface area contributed by atoms with Gasteiger partial charge in [-0.1, -0.05) is 29.8 Å². The molecule has 0 spiro atoms. The quantitative estimate of drug-likeness (QED) is 0.337. The van der Waals surface area contributed by atoms with Crippen molar-refractivity contribution in [2.24, 2.45) is 0 Å². The third kappa shape index (κ3) is 5.65. The van der Waals surface area contributed by atoms with Crippen LogP contribution in [0.3, 0.4) is 0 Å². The third-order valence-corrected chi connectivity index (χ3v) is 5.61. The number of hydrogen-bond acceptors (Lipinski definition) is 7. The lowest BCUT2D eigenvalue weighted by Crippen LogP contribution is -2.23. The number of benzene rings is 1. The van der Waals surface area contributed by atoms with E-state index in [2.05, 4.69) is 19.9 Å². The van der Waals surface area contributed by atoms with E-state index >= 15 is 0 Å². The van der Waals surface area contributed by atoms with Crippen LogP contribution in [0.4, 0.5) is 17.6 Å². The summed E-state index contributed by atoms with van der Waals surface area (Å²) in [5.41, 5.74) is -2.76. The Bertz CT molecular complexity index is 1570. The van der Waals surface area contributed by atoms with E-state index < -0.39 is 40.5 Å². The molecule has 4 rings (SSSR count). The predicted molar refractivity (Wildman–Crippen MR) is 129 cm³/mol. The van der Waals surface area contributed by atoms with Crippen LogP contribution in [0.25, 0.3) is 16.9 Å². The van der Waals surface area contributed by atoms with Crippen LogP contribution in [0.5, 0.6) is 5.88 Å². The van der Waals surface area contributed by atoms with Crippen LogP contribution in [0.15, 0.2) is 53.5 Å². The summed E-state index contributed by atoms with van der Waals surface area (Å²) in [5, 5.41) is 9.79. The zero-order valence-electron chi connectivity index (χ0n) is 20.2. The van der Waals surface area contributed by atoms with Crippen molar-refractivity contribution in [3.63, 3.8) is 0 Å². The molecule has 0 saturated carbocycles. The molecule has 0 unspecified atom stereocenters. The first kappa shape index (κ1) is 27.1. The first-order chi connectivity index (χ1) is 17.8. The SMILES string of the molecule is Cc1nc(OCc2cccc(C(F)(F)F)n2)c(Cl)c(=O)n1-c1cccc(-c2nc(C(C)(C)O)ncc2F)c1. The number of halogens is 5. The van der Waals surface area contributed by atoms with E-state index in [0.29, 0.717) is 5.56 Å². The molecule has 0 bridgehead atoms. The van der Waals surface area contributed by atoms with Gasteiger partial charge in [0.25, 0.3) is 5.56 Å². The number of alkyl halides is 3. The number of nitrogens with zero attached hydrogens (tertiary/aromatic N) is 5. The van der Waals surface area contributed by atoms with Crippen LogP contribution in [0.1, 0.15) is 36.9 Å². The highest BCUT2D eigenvalue weighted by molar-refractivity contribution is 6.31. The van der Waals surface area contributed by atoms with Crippen molar-refractivity contribution in [2.75, 3.05) is 0 Å². The molecule has 0 aliphatic heterocycles. The first-order valence-electron chi connectivity index (χ1n) is 11.1. The predicted octanol–water partition coefficient (Wildman–Crippen LogP) is 5.01. The maximum absolute atomic E-state index is 14.6. The summed E-state index contributed by atoms with van der Waals surface area (Å²) in [6.45, 7) is 4.01. The molecule has 3 heterocycles. The molecule has 0 saturated heterocycles. The van der Waals surface area contributed by atoms with Gasteiger partial charge in [-0.25, -0.2) is 19.3 Å². The molecule has 0 amide bonds. The van der Waals surface area contributed by atoms with Crippen LogP contribution in [-0.4, -0.2) is 29.6 Å². The molecule has 1 N–H and O–H groups in total. The molecule has 4 aromatic rings. The summed E-state index contributed by atoms with van der Waals surface area (Å²) < 4.78 is 59.9. The van der Waals surface area contributed by atoms with Crippen molar-refractivity contribution in [3.8, 4) is 22.8 Å². The van der Waals surface area contributed by atoms with E-state index in [9.17, 15) is 27.5 Å². The molecule has 3 aromatic heterocycles. The van der Waals surface area contributed by atoms with E-state index in [0.717, 1.165) is 16.8 Å². The lowest BCUT2D eigenvalue weighted by Gasteiger charge is -2.17. The van der Waals surface area contributed by atoms with E-state index in [1.165, 1.54) is 39.0 Å². The average Bonchev–Trinajstić information content (AvgIpc) is 2.85. The molecule has 198 valence electrons. The van der Waals surface area contributed by atoms with Gasteiger partial charge in [0.05, 0.1) is 17.6 Å². The van der Waals surface area contributed by atoms with Crippen LogP contribution < -0.4 is 10.3 Å². The zero-order chi connectivity index (χ0) is 27.8. The van der Waals surface area contributed by atoms with Gasteiger partial charge in [-0.3, -0.25) is 9.36 Å². The molecule has 0 atom stereocenters. The number of aromatic nitrogens is 5. The minimum atomic E-state index is -4.62. The second-order valence-electron chi connectivity index (χ2n) is 8.72. The molecule has 0 fully saturated rings. The Labute approximate surface area is 218 Å². The zero-order valence-corrected chi connectivity index (χ0v) is 21.0. The standard InChI is InChI=1S/C25H20ClF4N5O3/c1-13-32-21(38-12-15-7-5-9-18(33-15)25(28,29)30)19(26)22(36)35(13)16-8-4-6-14(10-16)20-17(27)11-31-23(34-20)24(2,3)37/h4-11,37H,12H2,1-3H3. The smallest absolute Gasteiger partial charge is 0.433 e. The second-order valence-corrected chi connectivity index (χ2v) is 9.10. The van der Waals surface area contributed by atoms with Crippen molar-refractivity contribution < 1.29 is 27.4 Å². The minimum absolute atomic E-state index is 0.00845. The molecule has 0 aliphatic rings. The van der Waals surface area contributed by atoms with Crippen LogP contribution in [-0.2, 0) is 18.4 Å². The molecule has 0 radical (unpaired) electrons. The summed E-state index contributed by atoms with van der Waals surface area (Å²) in [5.74, 6) is -0.863. The van der Waals surface area contributed by atoms with Crippen molar-refractivity contribution in [1.29, 1.82) is 0 Å². The Morgan fingerprint density at radius 2 is 1.79 bits per heavy atom. The number of rotatable bonds is 6. The largest absolute Gasteiger partial charge is 0.470 e. The fourth-order valence-electron chi connectivity index (χ4n) is 3.50. The van der Waals surface area contributed by atoms with Gasteiger partial charge in [0.1, 0.15) is 29.4 Å². The van der Waals surface area contributed by atoms with Gasteiger partial charge in [-0.15, -0.1) is 0 Å². The molecular formula is C25H20ClF4N5O3. The van der Waals surface area contributed by atoms with Gasteiger partial charge in [-0.2, -0.15) is 18.2 Å². The van der Waals surface area contributed by atoms with E-state index in [1.807, 2.05) is 0 Å². The Hall–Kier alpha value is -3.90.